The molecule has 0 fully saturated rings. The molecule has 0 aromatic heterocycles. The third-order valence-corrected chi connectivity index (χ3v) is 3.78. The monoisotopic (exact) mass is 375 g/mol. The molecule has 3 rings (SSSR count). The number of carbonyl (C=O) groups is 1. The number of carbonyl (C=O) groups excluding carboxylic acids is 1. The molecule has 0 radical (unpaired) electrons. The average Bonchev–Trinajstić information content (AvgIpc) is 2.62. The van der Waals surface area contributed by atoms with E-state index in [1.807, 2.05) is 36.4 Å². The van der Waals surface area contributed by atoms with Crippen LogP contribution < -0.4 is 14.8 Å². The van der Waals surface area contributed by atoms with Gasteiger partial charge in [-0.3, -0.25) is 4.79 Å². The molecule has 27 heavy (non-hydrogen) atoms. The van der Waals surface area contributed by atoms with Gasteiger partial charge in [0, 0.05) is 11.1 Å². The molecule has 0 aliphatic heterocycles. The van der Waals surface area contributed by atoms with Crippen LogP contribution in [0.15, 0.2) is 66.7 Å². The van der Waals surface area contributed by atoms with E-state index >= 15 is 0 Å². The van der Waals surface area contributed by atoms with Crippen LogP contribution in [0, 0.1) is 0 Å². The molecule has 4 nitrogen and oxygen atoms in total. The average molecular weight is 375 g/mol. The summed E-state index contributed by atoms with van der Waals surface area (Å²) in [4.78, 5) is 12.3. The van der Waals surface area contributed by atoms with Crippen molar-refractivity contribution < 1.29 is 27.4 Å². The smallest absolute Gasteiger partial charge is 0.480 e. The summed E-state index contributed by atoms with van der Waals surface area (Å²) in [5, 5.41) is 4.47. The maximum Gasteiger partial charge on any atom is 0.573 e. The van der Waals surface area contributed by atoms with Crippen molar-refractivity contribution in [3.05, 3.63) is 66.7 Å². The Balaban J connectivity index is 1.65. The Hall–Kier alpha value is -3.22. The molecule has 1 atom stereocenters. The number of fused-ring (bicyclic) bond motifs is 1. The van der Waals surface area contributed by atoms with Gasteiger partial charge in [-0.25, -0.2) is 0 Å². The van der Waals surface area contributed by atoms with E-state index in [1.54, 1.807) is 13.0 Å². The van der Waals surface area contributed by atoms with Crippen LogP contribution in [0.3, 0.4) is 0 Å². The molecule has 3 aromatic carbocycles. The highest BCUT2D eigenvalue weighted by Gasteiger charge is 2.31. The molecule has 1 amide bonds. The Morgan fingerprint density at radius 1 is 0.963 bits per heavy atom. The Kier molecular flexibility index (Phi) is 5.21. The van der Waals surface area contributed by atoms with Gasteiger partial charge in [0.2, 0.25) is 0 Å². The van der Waals surface area contributed by atoms with Crippen LogP contribution in [-0.4, -0.2) is 18.4 Å². The van der Waals surface area contributed by atoms with Gasteiger partial charge in [0.15, 0.2) is 6.10 Å². The first kappa shape index (κ1) is 18.6. The molecule has 0 bridgehead atoms. The van der Waals surface area contributed by atoms with Crippen molar-refractivity contribution in [1.29, 1.82) is 0 Å². The van der Waals surface area contributed by atoms with Gasteiger partial charge < -0.3 is 14.8 Å². The van der Waals surface area contributed by atoms with Gasteiger partial charge in [-0.05, 0) is 42.6 Å². The number of alkyl halides is 3. The van der Waals surface area contributed by atoms with Crippen molar-refractivity contribution in [3.8, 4) is 11.5 Å². The second kappa shape index (κ2) is 7.57. The first-order valence-electron chi connectivity index (χ1n) is 8.13. The fraction of sp³-hybridized carbons (Fsp3) is 0.150. The van der Waals surface area contributed by atoms with E-state index in [9.17, 15) is 18.0 Å². The van der Waals surface area contributed by atoms with E-state index in [0.717, 1.165) is 22.9 Å². The maximum absolute atomic E-state index is 12.3. The van der Waals surface area contributed by atoms with Crippen LogP contribution in [0.1, 0.15) is 6.92 Å². The lowest BCUT2D eigenvalue weighted by molar-refractivity contribution is -0.274. The van der Waals surface area contributed by atoms with Crippen LogP contribution in [0.5, 0.6) is 11.5 Å². The van der Waals surface area contributed by atoms with Crippen molar-refractivity contribution in [2.75, 3.05) is 5.32 Å². The van der Waals surface area contributed by atoms with Gasteiger partial charge >= 0.3 is 6.36 Å². The van der Waals surface area contributed by atoms with Crippen LogP contribution >= 0.6 is 0 Å². The number of halogens is 3. The minimum absolute atomic E-state index is 0.336. The zero-order chi connectivity index (χ0) is 19.4. The van der Waals surface area contributed by atoms with Crippen molar-refractivity contribution >= 4 is 22.4 Å². The maximum atomic E-state index is 12.3. The third-order valence-electron chi connectivity index (χ3n) is 3.78. The number of nitrogens with one attached hydrogen (secondary N) is 1. The highest BCUT2D eigenvalue weighted by molar-refractivity contribution is 5.95. The first-order valence-corrected chi connectivity index (χ1v) is 8.13. The molecular formula is C20H16F3NO3. The lowest BCUT2D eigenvalue weighted by atomic mass is 10.1. The summed E-state index contributed by atoms with van der Waals surface area (Å²) in [6.07, 6.45) is -5.56. The number of hydrogen-bond donors (Lipinski definition) is 1. The highest BCUT2D eigenvalue weighted by Crippen LogP contribution is 2.27. The molecular weight excluding hydrogens is 359 g/mol. The van der Waals surface area contributed by atoms with Gasteiger partial charge in [0.05, 0.1) is 0 Å². The fourth-order valence-electron chi connectivity index (χ4n) is 2.53. The lowest BCUT2D eigenvalue weighted by Gasteiger charge is -2.16. The molecule has 0 saturated carbocycles. The fourth-order valence-corrected chi connectivity index (χ4v) is 2.53. The minimum Gasteiger partial charge on any atom is -0.480 e. The summed E-state index contributed by atoms with van der Waals surface area (Å²) in [7, 11) is 0. The van der Waals surface area contributed by atoms with Gasteiger partial charge in [-0.15, -0.1) is 13.2 Å². The SMILES string of the molecule is C[C@H](Oc1cccc2ccccc12)C(=O)Nc1ccc(OC(F)(F)F)cc1. The lowest BCUT2D eigenvalue weighted by Crippen LogP contribution is -2.30. The Labute approximate surface area is 153 Å². The molecule has 0 spiro atoms. The van der Waals surface area contributed by atoms with E-state index in [1.165, 1.54) is 12.1 Å². The number of hydrogen-bond acceptors (Lipinski definition) is 3. The van der Waals surface area contributed by atoms with Crippen molar-refractivity contribution in [3.63, 3.8) is 0 Å². The highest BCUT2D eigenvalue weighted by atomic mass is 19.4. The zero-order valence-corrected chi connectivity index (χ0v) is 14.3. The normalized spacial score (nSPS) is 12.4. The van der Waals surface area contributed by atoms with Crippen LogP contribution in [0.4, 0.5) is 18.9 Å². The summed E-state index contributed by atoms with van der Waals surface area (Å²) < 4.78 is 46.1. The molecule has 0 unspecified atom stereocenters. The predicted molar refractivity (Wildman–Crippen MR) is 95.8 cm³/mol. The molecule has 0 heterocycles. The molecule has 3 aromatic rings. The molecule has 0 aliphatic carbocycles. The summed E-state index contributed by atoms with van der Waals surface area (Å²) in [5.74, 6) is -0.211. The van der Waals surface area contributed by atoms with E-state index in [-0.39, 0.29) is 5.75 Å². The summed E-state index contributed by atoms with van der Waals surface area (Å²) in [5.41, 5.74) is 0.336. The summed E-state index contributed by atoms with van der Waals surface area (Å²) >= 11 is 0. The van der Waals surface area contributed by atoms with E-state index < -0.39 is 18.4 Å². The summed E-state index contributed by atoms with van der Waals surface area (Å²) in [6.45, 7) is 1.60. The standard InChI is InChI=1S/C20H16F3NO3/c1-13(26-18-8-4-6-14-5-2-3-7-17(14)18)19(25)24-15-9-11-16(12-10-15)27-20(21,22)23/h2-13H,1H3,(H,24,25)/t13-/m0/s1. The number of ether oxygens (including phenoxy) is 2. The number of amides is 1. The zero-order valence-electron chi connectivity index (χ0n) is 14.3. The Morgan fingerprint density at radius 2 is 1.63 bits per heavy atom. The van der Waals surface area contributed by atoms with Crippen molar-refractivity contribution in [1.82, 2.24) is 0 Å². The second-order valence-electron chi connectivity index (χ2n) is 5.80. The van der Waals surface area contributed by atoms with Gasteiger partial charge in [-0.1, -0.05) is 36.4 Å². The Morgan fingerprint density at radius 3 is 2.33 bits per heavy atom. The molecule has 7 heteroatoms. The number of benzene rings is 3. The van der Waals surface area contributed by atoms with Crippen LogP contribution in [0.25, 0.3) is 10.8 Å². The quantitative estimate of drug-likeness (QED) is 0.671. The number of anilines is 1. The van der Waals surface area contributed by atoms with E-state index in [4.69, 9.17) is 4.74 Å². The Bertz CT molecular complexity index is 934. The van der Waals surface area contributed by atoms with E-state index in [0.29, 0.717) is 11.4 Å². The number of rotatable bonds is 5. The minimum atomic E-state index is -4.76. The van der Waals surface area contributed by atoms with E-state index in [2.05, 4.69) is 10.1 Å². The topological polar surface area (TPSA) is 47.6 Å². The van der Waals surface area contributed by atoms with Crippen molar-refractivity contribution in [2.45, 2.75) is 19.4 Å². The van der Waals surface area contributed by atoms with Gasteiger partial charge in [0.25, 0.3) is 5.91 Å². The first-order chi connectivity index (χ1) is 12.8. The molecule has 0 aliphatic rings. The predicted octanol–water partition coefficient (Wildman–Crippen LogP) is 5.14. The largest absolute Gasteiger partial charge is 0.573 e. The van der Waals surface area contributed by atoms with Gasteiger partial charge in [0.1, 0.15) is 11.5 Å². The van der Waals surface area contributed by atoms with Crippen molar-refractivity contribution in [2.24, 2.45) is 0 Å². The summed E-state index contributed by atoms with van der Waals surface area (Å²) in [6, 6.07) is 18.1. The molecule has 1 N–H and O–H groups in total. The molecule has 140 valence electrons. The molecule has 0 saturated heterocycles. The van der Waals surface area contributed by atoms with Gasteiger partial charge in [-0.2, -0.15) is 0 Å². The second-order valence-corrected chi connectivity index (χ2v) is 5.80. The van der Waals surface area contributed by atoms with Crippen LogP contribution in [0.2, 0.25) is 0 Å². The van der Waals surface area contributed by atoms with Crippen LogP contribution in [-0.2, 0) is 4.79 Å². The third kappa shape index (κ3) is 4.91.